The maximum Gasteiger partial charge on any atom is 0.353 e. The summed E-state index contributed by atoms with van der Waals surface area (Å²) in [6, 6.07) is 6.37. The summed E-state index contributed by atoms with van der Waals surface area (Å²) < 4.78 is 25.6. The molecule has 0 radical (unpaired) electrons. The molecule has 29 heavy (non-hydrogen) atoms. The molecule has 4 rings (SSSR count). The molecule has 1 aliphatic rings. The Kier molecular flexibility index (Phi) is 5.98. The highest BCUT2D eigenvalue weighted by molar-refractivity contribution is 7.91. The van der Waals surface area contributed by atoms with E-state index in [0.29, 0.717) is 18.2 Å². The Bertz CT molecular complexity index is 1060. The number of rotatable bonds is 7. The molecule has 0 fully saturated rings. The van der Waals surface area contributed by atoms with Gasteiger partial charge in [0.15, 0.2) is 11.6 Å². The number of aliphatic carboxylic acids is 1. The first-order chi connectivity index (χ1) is 14.0. The van der Waals surface area contributed by atoms with Gasteiger partial charge < -0.3 is 15.0 Å². The normalized spacial score (nSPS) is 14.6. The number of anilines is 1. The Morgan fingerprint density at radius 2 is 2.14 bits per heavy atom. The molecule has 0 amide bonds. The van der Waals surface area contributed by atoms with Crippen molar-refractivity contribution in [2.45, 2.75) is 38.0 Å². The number of thiophene rings is 1. The Morgan fingerprint density at radius 3 is 2.93 bits per heavy atom. The Labute approximate surface area is 174 Å². The first-order valence-corrected chi connectivity index (χ1v) is 11.7. The second-order valence-electron chi connectivity index (χ2n) is 6.99. The monoisotopic (exact) mass is 433 g/mol. The number of hydrogen-bond acceptors (Lipinski definition) is 6. The number of nitrogens with zero attached hydrogens (tertiary/aromatic N) is 2. The zero-order valence-corrected chi connectivity index (χ0v) is 17.2. The molecule has 2 heterocycles. The minimum absolute atomic E-state index is 0.0144. The summed E-state index contributed by atoms with van der Waals surface area (Å²) >= 11 is 0.0444. The lowest BCUT2D eigenvalue weighted by Crippen LogP contribution is -2.18. The van der Waals surface area contributed by atoms with Gasteiger partial charge >= 0.3 is 5.97 Å². The van der Waals surface area contributed by atoms with E-state index in [0.717, 1.165) is 41.5 Å². The van der Waals surface area contributed by atoms with E-state index in [1.807, 2.05) is 6.07 Å². The predicted molar refractivity (Wildman–Crippen MR) is 112 cm³/mol. The molecule has 9 heteroatoms. The predicted octanol–water partition coefficient (Wildman–Crippen LogP) is 3.65. The largest absolute Gasteiger partial charge is 0.616 e. The van der Waals surface area contributed by atoms with Gasteiger partial charge in [0.2, 0.25) is 5.75 Å². The molecule has 3 aromatic rings. The van der Waals surface area contributed by atoms with Gasteiger partial charge in [-0.1, -0.05) is 12.1 Å². The molecule has 2 aromatic heterocycles. The molecule has 1 atom stereocenters. The maximum absolute atomic E-state index is 13.5. The average molecular weight is 434 g/mol. The molecule has 2 N–H and O–H groups in total. The van der Waals surface area contributed by atoms with Crippen molar-refractivity contribution in [2.24, 2.45) is 0 Å². The van der Waals surface area contributed by atoms with Crippen molar-refractivity contribution in [2.75, 3.05) is 11.1 Å². The molecule has 0 saturated carbocycles. The van der Waals surface area contributed by atoms with E-state index < -0.39 is 22.9 Å². The molecule has 0 spiro atoms. The quantitative estimate of drug-likeness (QED) is 0.552. The first kappa shape index (κ1) is 20.1. The van der Waals surface area contributed by atoms with Crippen molar-refractivity contribution in [3.63, 3.8) is 0 Å². The average Bonchev–Trinajstić information content (AvgIpc) is 3.04. The van der Waals surface area contributed by atoms with E-state index in [4.69, 9.17) is 5.11 Å². The van der Waals surface area contributed by atoms with Crippen LogP contribution in [0, 0.1) is 5.82 Å². The van der Waals surface area contributed by atoms with Gasteiger partial charge in [0.25, 0.3) is 0 Å². The molecule has 1 aromatic carbocycles. The molecule has 1 unspecified atom stereocenters. The Hall–Kier alpha value is -2.23. The molecule has 0 saturated heterocycles. The lowest BCUT2D eigenvalue weighted by atomic mass is 9.97. The van der Waals surface area contributed by atoms with Crippen molar-refractivity contribution in [1.82, 2.24) is 9.97 Å². The third-order valence-corrected chi connectivity index (χ3v) is 7.12. The number of nitrogens with one attached hydrogen (secondary N) is 1. The van der Waals surface area contributed by atoms with E-state index in [1.165, 1.54) is 22.6 Å². The maximum atomic E-state index is 13.5. The smallest absolute Gasteiger partial charge is 0.353 e. The van der Waals surface area contributed by atoms with Gasteiger partial charge in [-0.05, 0) is 60.1 Å². The number of carbonyl (C=O) groups is 1. The highest BCUT2D eigenvalue weighted by Crippen LogP contribution is 2.38. The highest BCUT2D eigenvalue weighted by atomic mass is 32.2. The summed E-state index contributed by atoms with van der Waals surface area (Å²) in [5.74, 6) is -0.859. The van der Waals surface area contributed by atoms with E-state index in [9.17, 15) is 13.7 Å². The fraction of sp³-hybridized carbons (Fsp3) is 0.350. The Balaban J connectivity index is 1.68. The summed E-state index contributed by atoms with van der Waals surface area (Å²) in [6.07, 6.45) is 4.25. The van der Waals surface area contributed by atoms with E-state index in [1.54, 1.807) is 17.4 Å². The number of carboxylic acids is 1. The van der Waals surface area contributed by atoms with Crippen LogP contribution in [-0.2, 0) is 41.1 Å². The second-order valence-corrected chi connectivity index (χ2v) is 9.53. The molecule has 1 aliphatic carbocycles. The molecule has 0 bridgehead atoms. The number of fused-ring (bicyclic) bond motifs is 3. The van der Waals surface area contributed by atoms with Crippen LogP contribution in [0.15, 0.2) is 24.3 Å². The molecular weight excluding hydrogens is 413 g/mol. The summed E-state index contributed by atoms with van der Waals surface area (Å²) in [6.45, 7) is 0.395. The minimum Gasteiger partial charge on any atom is -0.616 e. The van der Waals surface area contributed by atoms with Crippen LogP contribution < -0.4 is 5.32 Å². The van der Waals surface area contributed by atoms with E-state index in [2.05, 4.69) is 15.3 Å². The van der Waals surface area contributed by atoms with Gasteiger partial charge in [0.05, 0.1) is 5.39 Å². The van der Waals surface area contributed by atoms with Crippen LogP contribution in [0.2, 0.25) is 0 Å². The number of aromatic nitrogens is 2. The third-order valence-electron chi connectivity index (χ3n) is 4.78. The number of hydrogen-bond donors (Lipinski definition) is 2. The van der Waals surface area contributed by atoms with Gasteiger partial charge in [0, 0.05) is 11.4 Å². The topological polar surface area (TPSA) is 98.2 Å². The van der Waals surface area contributed by atoms with Crippen molar-refractivity contribution < 1.29 is 18.8 Å². The second kappa shape index (κ2) is 8.64. The van der Waals surface area contributed by atoms with Gasteiger partial charge in [-0.2, -0.15) is 0 Å². The van der Waals surface area contributed by atoms with Crippen LogP contribution >= 0.6 is 11.3 Å². The summed E-state index contributed by atoms with van der Waals surface area (Å²) in [5, 5.41) is 13.1. The molecule has 152 valence electrons. The van der Waals surface area contributed by atoms with Crippen molar-refractivity contribution >= 4 is 44.5 Å². The number of benzene rings is 1. The summed E-state index contributed by atoms with van der Waals surface area (Å²) in [5.41, 5.74) is 2.05. The molecular formula is C20H20FN3O3S2. The molecule has 6 nitrogen and oxygen atoms in total. The van der Waals surface area contributed by atoms with Crippen LogP contribution in [0.25, 0.3) is 10.2 Å². The lowest BCUT2D eigenvalue weighted by molar-refractivity contribution is -0.134. The highest BCUT2D eigenvalue weighted by Gasteiger charge is 2.23. The fourth-order valence-corrected chi connectivity index (χ4v) is 5.63. The van der Waals surface area contributed by atoms with Crippen molar-refractivity contribution in [3.8, 4) is 0 Å². The van der Waals surface area contributed by atoms with E-state index >= 15 is 0 Å². The van der Waals surface area contributed by atoms with Gasteiger partial charge in [0.1, 0.15) is 16.5 Å². The van der Waals surface area contributed by atoms with Gasteiger partial charge in [-0.25, -0.2) is 19.2 Å². The zero-order chi connectivity index (χ0) is 20.4. The van der Waals surface area contributed by atoms with Crippen molar-refractivity contribution in [3.05, 3.63) is 51.9 Å². The number of carboxylic acid groups (broad SMARTS) is 1. The van der Waals surface area contributed by atoms with Crippen LogP contribution in [-0.4, -0.2) is 31.3 Å². The Morgan fingerprint density at radius 1 is 1.31 bits per heavy atom. The number of aryl methyl sites for hydroxylation is 2. The molecule has 0 aliphatic heterocycles. The van der Waals surface area contributed by atoms with E-state index in [-0.39, 0.29) is 11.6 Å². The van der Waals surface area contributed by atoms with Gasteiger partial charge in [-0.3, -0.25) is 0 Å². The third kappa shape index (κ3) is 4.68. The van der Waals surface area contributed by atoms with Crippen LogP contribution in [0.5, 0.6) is 0 Å². The summed E-state index contributed by atoms with van der Waals surface area (Å²) in [4.78, 5) is 22.1. The van der Waals surface area contributed by atoms with Crippen LogP contribution in [0.4, 0.5) is 10.2 Å². The zero-order valence-electron chi connectivity index (χ0n) is 15.6. The fourth-order valence-electron chi connectivity index (χ4n) is 3.56. The SMILES string of the molecule is O=C(O)C[S+]([O-])Cc1nc(NCc2cccc(F)c2)c2c3c(sc2n1)CCCC3. The van der Waals surface area contributed by atoms with Crippen LogP contribution in [0.1, 0.15) is 34.7 Å². The first-order valence-electron chi connectivity index (χ1n) is 9.36. The van der Waals surface area contributed by atoms with Crippen LogP contribution in [0.3, 0.4) is 0 Å². The minimum atomic E-state index is -1.58. The standard InChI is InChI=1S/C20H20FN3O3S2/c21-13-5-3-4-12(8-13)9-22-19-18-14-6-1-2-7-15(14)28-20(18)24-16(23-19)10-29(27)11-17(25)26/h3-5,8H,1-2,6-7,9-11H2,(H,25,26)(H,22,23,24). The van der Waals surface area contributed by atoms with Crippen molar-refractivity contribution in [1.29, 1.82) is 0 Å². The van der Waals surface area contributed by atoms with Gasteiger partial charge in [-0.15, -0.1) is 11.3 Å². The summed E-state index contributed by atoms with van der Waals surface area (Å²) in [7, 11) is 0. The number of halogens is 1. The lowest BCUT2D eigenvalue weighted by Gasteiger charge is -2.14.